The number of benzene rings is 1. The number of allylic oxidation sites excluding steroid dienone is 2. The molecule has 0 spiro atoms. The standard InChI is InChI=1S/C15H19N3/c16-12-5-7-13(8-6-12)18-15(11-3-4-11)9-14(17)10-1-2-10/h5-11H,1-4,16-17H2. The van der Waals surface area contributed by atoms with Gasteiger partial charge in [0.25, 0.3) is 0 Å². The van der Waals surface area contributed by atoms with E-state index < -0.39 is 0 Å². The van der Waals surface area contributed by atoms with Gasteiger partial charge in [0.05, 0.1) is 5.69 Å². The van der Waals surface area contributed by atoms with E-state index in [-0.39, 0.29) is 0 Å². The molecule has 4 N–H and O–H groups in total. The highest BCUT2D eigenvalue weighted by molar-refractivity contribution is 6.00. The van der Waals surface area contributed by atoms with E-state index in [0.717, 1.165) is 22.8 Å². The van der Waals surface area contributed by atoms with Crippen LogP contribution in [-0.2, 0) is 0 Å². The summed E-state index contributed by atoms with van der Waals surface area (Å²) in [7, 11) is 0. The molecule has 1 aromatic carbocycles. The SMILES string of the molecule is NC(=CC(=Nc1ccc(N)cc1)C1CC1)C1CC1. The first kappa shape index (κ1) is 11.3. The van der Waals surface area contributed by atoms with Crippen LogP contribution in [0.15, 0.2) is 41.0 Å². The zero-order chi connectivity index (χ0) is 12.5. The minimum atomic E-state index is 0.611. The van der Waals surface area contributed by atoms with Crippen LogP contribution in [0.3, 0.4) is 0 Å². The third-order valence-corrected chi connectivity index (χ3v) is 3.51. The molecule has 0 saturated heterocycles. The summed E-state index contributed by atoms with van der Waals surface area (Å²) in [5.74, 6) is 1.22. The van der Waals surface area contributed by atoms with Crippen molar-refractivity contribution in [3.05, 3.63) is 36.0 Å². The van der Waals surface area contributed by atoms with Crippen LogP contribution in [0.2, 0.25) is 0 Å². The average molecular weight is 241 g/mol. The van der Waals surface area contributed by atoms with E-state index in [0.29, 0.717) is 11.8 Å². The van der Waals surface area contributed by atoms with Crippen molar-refractivity contribution in [2.45, 2.75) is 25.7 Å². The van der Waals surface area contributed by atoms with Crippen LogP contribution in [-0.4, -0.2) is 5.71 Å². The fraction of sp³-hybridized carbons (Fsp3) is 0.400. The number of anilines is 1. The van der Waals surface area contributed by atoms with Crippen LogP contribution in [0, 0.1) is 11.8 Å². The van der Waals surface area contributed by atoms with Crippen LogP contribution < -0.4 is 11.5 Å². The summed E-state index contributed by atoms with van der Waals surface area (Å²) in [6.45, 7) is 0. The van der Waals surface area contributed by atoms with E-state index in [9.17, 15) is 0 Å². The van der Waals surface area contributed by atoms with Crippen molar-refractivity contribution in [1.82, 2.24) is 0 Å². The topological polar surface area (TPSA) is 64.4 Å². The van der Waals surface area contributed by atoms with E-state index in [2.05, 4.69) is 6.08 Å². The summed E-state index contributed by atoms with van der Waals surface area (Å²) in [6, 6.07) is 7.69. The van der Waals surface area contributed by atoms with Crippen molar-refractivity contribution in [3.8, 4) is 0 Å². The molecule has 3 nitrogen and oxygen atoms in total. The van der Waals surface area contributed by atoms with Crippen molar-refractivity contribution in [3.63, 3.8) is 0 Å². The Morgan fingerprint density at radius 3 is 2.22 bits per heavy atom. The molecule has 0 radical (unpaired) electrons. The van der Waals surface area contributed by atoms with E-state index >= 15 is 0 Å². The second-order valence-electron chi connectivity index (χ2n) is 5.32. The molecule has 0 aliphatic heterocycles. The maximum atomic E-state index is 6.08. The van der Waals surface area contributed by atoms with Crippen LogP contribution in [0.5, 0.6) is 0 Å². The molecule has 2 saturated carbocycles. The Labute approximate surface area is 108 Å². The number of nitrogen functional groups attached to an aromatic ring is 1. The predicted octanol–water partition coefficient (Wildman–Crippen LogP) is 3.00. The van der Waals surface area contributed by atoms with Gasteiger partial charge in [-0.1, -0.05) is 0 Å². The smallest absolute Gasteiger partial charge is 0.0634 e. The number of aliphatic imine (C=N–C) groups is 1. The normalized spacial score (nSPS) is 21.1. The van der Waals surface area contributed by atoms with Crippen molar-refractivity contribution < 1.29 is 0 Å². The van der Waals surface area contributed by atoms with Gasteiger partial charge in [-0.15, -0.1) is 0 Å². The maximum Gasteiger partial charge on any atom is 0.0634 e. The lowest BCUT2D eigenvalue weighted by atomic mass is 10.1. The van der Waals surface area contributed by atoms with Gasteiger partial charge in [-0.05, 0) is 61.9 Å². The van der Waals surface area contributed by atoms with E-state index in [1.54, 1.807) is 0 Å². The fourth-order valence-electron chi connectivity index (χ4n) is 2.02. The summed E-state index contributed by atoms with van der Waals surface area (Å²) in [5, 5.41) is 0. The van der Waals surface area contributed by atoms with Crippen LogP contribution >= 0.6 is 0 Å². The molecule has 3 heteroatoms. The Bertz CT molecular complexity index is 491. The summed E-state index contributed by atoms with van der Waals surface area (Å²) in [5.41, 5.74) is 15.7. The van der Waals surface area contributed by atoms with Gasteiger partial charge in [0.2, 0.25) is 0 Å². The van der Waals surface area contributed by atoms with E-state index in [1.165, 1.54) is 25.7 Å². The molecule has 2 fully saturated rings. The van der Waals surface area contributed by atoms with Crippen LogP contribution in [0.25, 0.3) is 0 Å². The molecule has 3 rings (SSSR count). The van der Waals surface area contributed by atoms with Gasteiger partial charge in [-0.3, -0.25) is 4.99 Å². The van der Waals surface area contributed by atoms with Crippen molar-refractivity contribution in [2.24, 2.45) is 22.6 Å². The highest BCUT2D eigenvalue weighted by atomic mass is 14.8. The molecule has 2 aliphatic rings. The number of rotatable bonds is 4. The third kappa shape index (κ3) is 2.73. The van der Waals surface area contributed by atoms with Gasteiger partial charge >= 0.3 is 0 Å². The Hall–Kier alpha value is -1.77. The predicted molar refractivity (Wildman–Crippen MR) is 75.7 cm³/mol. The number of hydrogen-bond acceptors (Lipinski definition) is 3. The summed E-state index contributed by atoms with van der Waals surface area (Å²) in [4.78, 5) is 4.72. The Balaban J connectivity index is 1.84. The molecular weight excluding hydrogens is 222 g/mol. The largest absolute Gasteiger partial charge is 0.402 e. The summed E-state index contributed by atoms with van der Waals surface area (Å²) in [6.07, 6.45) is 7.06. The van der Waals surface area contributed by atoms with Crippen molar-refractivity contribution >= 4 is 17.1 Å². The van der Waals surface area contributed by atoms with Crippen LogP contribution in [0.1, 0.15) is 25.7 Å². The minimum absolute atomic E-state index is 0.611. The highest BCUT2D eigenvalue weighted by Gasteiger charge is 2.29. The molecule has 0 bridgehead atoms. The van der Waals surface area contributed by atoms with E-state index in [1.807, 2.05) is 24.3 Å². The number of hydrogen-bond donors (Lipinski definition) is 2. The van der Waals surface area contributed by atoms with Crippen LogP contribution in [0.4, 0.5) is 11.4 Å². The molecule has 0 heterocycles. The van der Waals surface area contributed by atoms with Gasteiger partial charge in [0, 0.05) is 23.0 Å². The molecule has 18 heavy (non-hydrogen) atoms. The molecule has 0 unspecified atom stereocenters. The van der Waals surface area contributed by atoms with Crippen molar-refractivity contribution in [2.75, 3.05) is 5.73 Å². The average Bonchev–Trinajstić information content (AvgIpc) is 3.22. The molecule has 0 aromatic heterocycles. The molecule has 1 aromatic rings. The molecule has 94 valence electrons. The van der Waals surface area contributed by atoms with Crippen molar-refractivity contribution in [1.29, 1.82) is 0 Å². The highest BCUT2D eigenvalue weighted by Crippen LogP contribution is 2.37. The third-order valence-electron chi connectivity index (χ3n) is 3.51. The summed E-state index contributed by atoms with van der Waals surface area (Å²) >= 11 is 0. The first-order valence-corrected chi connectivity index (χ1v) is 6.63. The zero-order valence-corrected chi connectivity index (χ0v) is 10.5. The molecule has 0 atom stereocenters. The number of nitrogens with two attached hydrogens (primary N) is 2. The molecular formula is C15H19N3. The zero-order valence-electron chi connectivity index (χ0n) is 10.5. The first-order chi connectivity index (χ1) is 8.72. The Kier molecular flexibility index (Phi) is 2.82. The second kappa shape index (κ2) is 4.48. The second-order valence-corrected chi connectivity index (χ2v) is 5.32. The first-order valence-electron chi connectivity index (χ1n) is 6.63. The summed E-state index contributed by atoms with van der Waals surface area (Å²) < 4.78 is 0. The molecule has 0 amide bonds. The van der Waals surface area contributed by atoms with Gasteiger partial charge < -0.3 is 11.5 Å². The molecule has 2 aliphatic carbocycles. The lowest BCUT2D eigenvalue weighted by Gasteiger charge is -2.03. The van der Waals surface area contributed by atoms with Gasteiger partial charge in [-0.25, -0.2) is 0 Å². The van der Waals surface area contributed by atoms with Gasteiger partial charge in [-0.2, -0.15) is 0 Å². The monoisotopic (exact) mass is 241 g/mol. The lowest BCUT2D eigenvalue weighted by Crippen LogP contribution is -2.05. The Morgan fingerprint density at radius 1 is 1.06 bits per heavy atom. The van der Waals surface area contributed by atoms with Gasteiger partial charge in [0.15, 0.2) is 0 Å². The number of nitrogens with zero attached hydrogens (tertiary/aromatic N) is 1. The van der Waals surface area contributed by atoms with Gasteiger partial charge in [0.1, 0.15) is 0 Å². The lowest BCUT2D eigenvalue weighted by molar-refractivity contribution is 0.979. The minimum Gasteiger partial charge on any atom is -0.402 e. The fourth-order valence-corrected chi connectivity index (χ4v) is 2.02. The maximum absolute atomic E-state index is 6.08. The van der Waals surface area contributed by atoms with E-state index in [4.69, 9.17) is 16.5 Å². The Morgan fingerprint density at radius 2 is 1.67 bits per heavy atom. The quantitative estimate of drug-likeness (QED) is 0.628.